The van der Waals surface area contributed by atoms with E-state index in [-0.39, 0.29) is 24.8 Å². The van der Waals surface area contributed by atoms with E-state index in [9.17, 15) is 14.4 Å². The molecule has 5 aromatic rings. The molecule has 0 aliphatic carbocycles. The van der Waals surface area contributed by atoms with Crippen LogP contribution in [-0.4, -0.2) is 52.6 Å². The number of ether oxygens (including phenoxy) is 2. The third-order valence-corrected chi connectivity index (χ3v) is 7.32. The fourth-order valence-electron chi connectivity index (χ4n) is 5.32. The summed E-state index contributed by atoms with van der Waals surface area (Å²) in [5.74, 6) is 0.377. The van der Waals surface area contributed by atoms with E-state index in [1.165, 1.54) is 0 Å². The van der Waals surface area contributed by atoms with Crippen LogP contribution >= 0.6 is 0 Å². The molecule has 2 amide bonds. The highest BCUT2D eigenvalue weighted by Gasteiger charge is 2.40. The Morgan fingerprint density at radius 3 is 2.66 bits per heavy atom. The van der Waals surface area contributed by atoms with Gasteiger partial charge in [0, 0.05) is 29.3 Å². The van der Waals surface area contributed by atoms with E-state index in [1.54, 1.807) is 43.2 Å². The summed E-state index contributed by atoms with van der Waals surface area (Å²) in [4.78, 5) is 48.5. The second-order valence-electron chi connectivity index (χ2n) is 9.80. The van der Waals surface area contributed by atoms with E-state index >= 15 is 0 Å². The molecule has 10 nitrogen and oxygen atoms in total. The highest BCUT2D eigenvalue weighted by atomic mass is 16.5. The van der Waals surface area contributed by atoms with Gasteiger partial charge in [0.1, 0.15) is 11.8 Å². The van der Waals surface area contributed by atoms with Crippen LogP contribution in [0.2, 0.25) is 0 Å². The molecular weight excluding hydrogens is 522 g/mol. The van der Waals surface area contributed by atoms with Crippen molar-refractivity contribution in [2.24, 2.45) is 0 Å². The molecule has 0 unspecified atom stereocenters. The molecule has 3 aromatic carbocycles. The molecule has 0 bridgehead atoms. The minimum absolute atomic E-state index is 0.0629. The fourth-order valence-corrected chi connectivity index (χ4v) is 5.32. The first kappa shape index (κ1) is 26.1. The zero-order chi connectivity index (χ0) is 28.5. The third kappa shape index (κ3) is 4.88. The molecule has 6 rings (SSSR count). The molecule has 2 N–H and O–H groups in total. The first-order valence-corrected chi connectivity index (χ1v) is 13.5. The largest absolute Gasteiger partial charge is 0.497 e. The number of imidazole rings is 1. The number of esters is 1. The number of aromatic nitrogens is 3. The molecule has 3 heterocycles. The molecule has 0 fully saturated rings. The lowest BCUT2D eigenvalue weighted by Crippen LogP contribution is -2.33. The zero-order valence-electron chi connectivity index (χ0n) is 22.7. The van der Waals surface area contributed by atoms with Crippen molar-refractivity contribution < 1.29 is 23.9 Å². The molecule has 0 spiro atoms. The van der Waals surface area contributed by atoms with Crippen LogP contribution in [0.3, 0.4) is 0 Å². The number of anilines is 2. The standard InChI is InChI=1S/C31H29N5O5/c1-3-41-30(39)19-8-10-21(11-9-19)33-28(37)17-27-29(38)35(31-34-25-6-4-5-7-26(25)36(27)31)15-14-20-18-32-24-13-12-22(40-2)16-23(20)24/h4-13,16,18,27,32H,3,14-15,17H2,1-2H3,(H,33,37)/t27-/m1/s1. The van der Waals surface area contributed by atoms with Crippen LogP contribution in [0, 0.1) is 0 Å². The van der Waals surface area contributed by atoms with Gasteiger partial charge in [-0.15, -0.1) is 0 Å². The molecule has 0 radical (unpaired) electrons. The second-order valence-corrected chi connectivity index (χ2v) is 9.80. The van der Waals surface area contributed by atoms with Crippen LogP contribution in [0.1, 0.15) is 35.3 Å². The zero-order valence-corrected chi connectivity index (χ0v) is 22.7. The van der Waals surface area contributed by atoms with E-state index < -0.39 is 12.0 Å². The lowest BCUT2D eigenvalue weighted by Gasteiger charge is -2.16. The summed E-state index contributed by atoms with van der Waals surface area (Å²) in [5.41, 5.74) is 4.53. The highest BCUT2D eigenvalue weighted by Crippen LogP contribution is 2.37. The van der Waals surface area contributed by atoms with Crippen LogP contribution in [-0.2, 0) is 20.7 Å². The van der Waals surface area contributed by atoms with Crippen molar-refractivity contribution in [2.75, 3.05) is 30.5 Å². The minimum atomic E-state index is -0.737. The van der Waals surface area contributed by atoms with Crippen molar-refractivity contribution >= 4 is 51.4 Å². The van der Waals surface area contributed by atoms with Gasteiger partial charge in [0.25, 0.3) is 5.91 Å². The number of aromatic amines is 1. The number of amides is 2. The van der Waals surface area contributed by atoms with E-state index in [0.717, 1.165) is 33.2 Å². The molecule has 41 heavy (non-hydrogen) atoms. The van der Waals surface area contributed by atoms with Gasteiger partial charge in [-0.3, -0.25) is 19.1 Å². The topological polar surface area (TPSA) is 119 Å². The Morgan fingerprint density at radius 1 is 1.07 bits per heavy atom. The molecule has 208 valence electrons. The number of carbonyl (C=O) groups is 3. The number of hydrogen-bond donors (Lipinski definition) is 2. The Hall–Kier alpha value is -5.12. The monoisotopic (exact) mass is 551 g/mol. The SMILES string of the molecule is CCOC(=O)c1ccc(NC(=O)C[C@@H]2C(=O)N(CCc3c[nH]c4ccc(OC)cc34)c3nc4ccccc4n32)cc1. The van der Waals surface area contributed by atoms with E-state index in [0.29, 0.717) is 30.2 Å². The summed E-state index contributed by atoms with van der Waals surface area (Å²) in [7, 11) is 1.63. The number of carbonyl (C=O) groups excluding carboxylic acids is 3. The Balaban J connectivity index is 1.22. The summed E-state index contributed by atoms with van der Waals surface area (Å²) in [6.07, 6.45) is 2.48. The number of methoxy groups -OCH3 is 1. The number of para-hydroxylation sites is 2. The number of H-pyrrole nitrogens is 1. The Morgan fingerprint density at radius 2 is 1.88 bits per heavy atom. The van der Waals surface area contributed by atoms with Crippen molar-refractivity contribution in [1.82, 2.24) is 14.5 Å². The van der Waals surface area contributed by atoms with E-state index in [4.69, 9.17) is 14.5 Å². The number of nitrogens with zero attached hydrogens (tertiary/aromatic N) is 3. The number of benzene rings is 3. The lowest BCUT2D eigenvalue weighted by atomic mass is 10.1. The maximum atomic E-state index is 13.8. The summed E-state index contributed by atoms with van der Waals surface area (Å²) >= 11 is 0. The van der Waals surface area contributed by atoms with Gasteiger partial charge in [0.2, 0.25) is 11.9 Å². The number of fused-ring (bicyclic) bond motifs is 4. The summed E-state index contributed by atoms with van der Waals surface area (Å²) in [5, 5.41) is 3.88. The molecule has 0 saturated carbocycles. The van der Waals surface area contributed by atoms with Crippen LogP contribution in [0.4, 0.5) is 11.6 Å². The fraction of sp³-hybridized carbons (Fsp3) is 0.226. The van der Waals surface area contributed by atoms with Crippen LogP contribution < -0.4 is 15.0 Å². The van der Waals surface area contributed by atoms with Crippen molar-refractivity contribution in [2.45, 2.75) is 25.8 Å². The van der Waals surface area contributed by atoms with Crippen LogP contribution in [0.5, 0.6) is 5.75 Å². The third-order valence-electron chi connectivity index (χ3n) is 7.32. The Bertz CT molecular complexity index is 1770. The van der Waals surface area contributed by atoms with Crippen LogP contribution in [0.25, 0.3) is 21.9 Å². The Labute approximate surface area is 235 Å². The average Bonchev–Trinajstić information content (AvgIpc) is 3.64. The van der Waals surface area contributed by atoms with Gasteiger partial charge >= 0.3 is 5.97 Å². The van der Waals surface area contributed by atoms with Gasteiger partial charge in [0.15, 0.2) is 0 Å². The van der Waals surface area contributed by atoms with Gasteiger partial charge in [-0.2, -0.15) is 0 Å². The number of hydrogen-bond acceptors (Lipinski definition) is 6. The number of nitrogens with one attached hydrogen (secondary N) is 2. The molecule has 1 atom stereocenters. The van der Waals surface area contributed by atoms with Gasteiger partial charge in [-0.25, -0.2) is 9.78 Å². The van der Waals surface area contributed by atoms with E-state index in [1.807, 2.05) is 53.2 Å². The smallest absolute Gasteiger partial charge is 0.338 e. The van der Waals surface area contributed by atoms with Crippen LogP contribution in [0.15, 0.2) is 72.9 Å². The van der Waals surface area contributed by atoms with Gasteiger partial charge in [-0.05, 0) is 73.5 Å². The van der Waals surface area contributed by atoms with Gasteiger partial charge in [0.05, 0.1) is 36.7 Å². The summed E-state index contributed by atoms with van der Waals surface area (Å²) in [6, 6.07) is 19.2. The molecule has 10 heteroatoms. The van der Waals surface area contributed by atoms with Crippen molar-refractivity contribution in [1.29, 1.82) is 0 Å². The number of rotatable bonds is 9. The van der Waals surface area contributed by atoms with Crippen molar-refractivity contribution in [3.8, 4) is 5.75 Å². The minimum Gasteiger partial charge on any atom is -0.497 e. The van der Waals surface area contributed by atoms with Crippen molar-refractivity contribution in [3.63, 3.8) is 0 Å². The van der Waals surface area contributed by atoms with Gasteiger partial charge < -0.3 is 19.8 Å². The summed E-state index contributed by atoms with van der Waals surface area (Å²) in [6.45, 7) is 2.43. The Kier molecular flexibility index (Phi) is 6.88. The maximum Gasteiger partial charge on any atom is 0.338 e. The first-order valence-electron chi connectivity index (χ1n) is 13.5. The first-order chi connectivity index (χ1) is 20.0. The molecule has 1 aliphatic heterocycles. The second kappa shape index (κ2) is 10.8. The quantitative estimate of drug-likeness (QED) is 0.253. The van der Waals surface area contributed by atoms with E-state index in [2.05, 4.69) is 10.3 Å². The predicted octanol–water partition coefficient (Wildman–Crippen LogP) is 4.86. The van der Waals surface area contributed by atoms with Crippen molar-refractivity contribution in [3.05, 3.63) is 84.1 Å². The molecule has 1 aliphatic rings. The molecule has 2 aromatic heterocycles. The predicted molar refractivity (Wildman–Crippen MR) is 155 cm³/mol. The lowest BCUT2D eigenvalue weighted by molar-refractivity contribution is -0.124. The summed E-state index contributed by atoms with van der Waals surface area (Å²) < 4.78 is 12.3. The average molecular weight is 552 g/mol. The molecular formula is C31H29N5O5. The normalized spacial score (nSPS) is 14.4. The maximum absolute atomic E-state index is 13.8. The van der Waals surface area contributed by atoms with Gasteiger partial charge in [-0.1, -0.05) is 12.1 Å². The highest BCUT2D eigenvalue weighted by molar-refractivity contribution is 6.05. The molecule has 0 saturated heterocycles.